The van der Waals surface area contributed by atoms with Crippen LogP contribution in [0.3, 0.4) is 0 Å². The molecule has 1 aliphatic heterocycles. The van der Waals surface area contributed by atoms with Crippen molar-refractivity contribution >= 4 is 0 Å². The van der Waals surface area contributed by atoms with Crippen LogP contribution in [0.2, 0.25) is 0 Å². The van der Waals surface area contributed by atoms with Crippen LogP contribution in [0.15, 0.2) is 30.3 Å². The first-order chi connectivity index (χ1) is 9.10. The first-order valence-corrected chi connectivity index (χ1v) is 7.85. The molecular formula is C18H29N. The van der Waals surface area contributed by atoms with Crippen molar-refractivity contribution in [2.75, 3.05) is 13.1 Å². The van der Waals surface area contributed by atoms with E-state index in [9.17, 15) is 0 Å². The summed E-state index contributed by atoms with van der Waals surface area (Å²) in [6, 6.07) is 11.0. The van der Waals surface area contributed by atoms with Gasteiger partial charge in [0.05, 0.1) is 0 Å². The van der Waals surface area contributed by atoms with Gasteiger partial charge in [-0.2, -0.15) is 0 Å². The van der Waals surface area contributed by atoms with Crippen LogP contribution in [-0.4, -0.2) is 13.1 Å². The Morgan fingerprint density at radius 3 is 2.68 bits per heavy atom. The van der Waals surface area contributed by atoms with Crippen molar-refractivity contribution in [2.24, 2.45) is 17.3 Å². The highest BCUT2D eigenvalue weighted by molar-refractivity contribution is 5.16. The van der Waals surface area contributed by atoms with Crippen LogP contribution in [0.5, 0.6) is 0 Å². The fourth-order valence-corrected chi connectivity index (χ4v) is 3.27. The molecule has 1 heteroatoms. The lowest BCUT2D eigenvalue weighted by molar-refractivity contribution is 0.109. The van der Waals surface area contributed by atoms with E-state index in [4.69, 9.17) is 0 Å². The molecule has 1 aliphatic rings. The first-order valence-electron chi connectivity index (χ1n) is 7.85. The average Bonchev–Trinajstić information content (AvgIpc) is 2.41. The molecule has 1 fully saturated rings. The lowest BCUT2D eigenvalue weighted by Crippen LogP contribution is -2.44. The molecule has 0 saturated carbocycles. The van der Waals surface area contributed by atoms with Crippen LogP contribution < -0.4 is 5.32 Å². The summed E-state index contributed by atoms with van der Waals surface area (Å²) in [4.78, 5) is 0. The standard InChI is InChI=1S/C18H29N/c1-15(2)9-10-18(3)11-12-19-14-17(18)13-16-7-5-4-6-8-16/h4-8,15,17,19H,9-14H2,1-3H3. The molecule has 1 aromatic carbocycles. The highest BCUT2D eigenvalue weighted by Crippen LogP contribution is 2.40. The summed E-state index contributed by atoms with van der Waals surface area (Å²) in [5.41, 5.74) is 2.01. The largest absolute Gasteiger partial charge is 0.316 e. The summed E-state index contributed by atoms with van der Waals surface area (Å²) in [7, 11) is 0. The third-order valence-corrected chi connectivity index (χ3v) is 4.87. The molecule has 0 radical (unpaired) electrons. The van der Waals surface area contributed by atoms with E-state index in [1.165, 1.54) is 44.3 Å². The van der Waals surface area contributed by atoms with Crippen LogP contribution in [0, 0.1) is 17.3 Å². The molecule has 0 amide bonds. The lowest BCUT2D eigenvalue weighted by Gasteiger charge is -2.43. The van der Waals surface area contributed by atoms with Crippen molar-refractivity contribution in [2.45, 2.75) is 46.5 Å². The van der Waals surface area contributed by atoms with E-state index in [1.54, 1.807) is 0 Å². The second kappa shape index (κ2) is 6.56. The molecule has 106 valence electrons. The minimum absolute atomic E-state index is 0.519. The minimum Gasteiger partial charge on any atom is -0.316 e. The average molecular weight is 259 g/mol. The van der Waals surface area contributed by atoms with Crippen molar-refractivity contribution in [3.63, 3.8) is 0 Å². The van der Waals surface area contributed by atoms with Crippen molar-refractivity contribution < 1.29 is 0 Å². The molecule has 0 aliphatic carbocycles. The fraction of sp³-hybridized carbons (Fsp3) is 0.667. The number of rotatable bonds is 5. The molecule has 0 aromatic heterocycles. The maximum atomic E-state index is 3.60. The third kappa shape index (κ3) is 4.07. The lowest BCUT2D eigenvalue weighted by atomic mass is 9.67. The Bertz CT molecular complexity index is 371. The summed E-state index contributed by atoms with van der Waals surface area (Å²) < 4.78 is 0. The number of benzene rings is 1. The Morgan fingerprint density at radius 1 is 1.26 bits per heavy atom. The highest BCUT2D eigenvalue weighted by Gasteiger charge is 2.35. The quantitative estimate of drug-likeness (QED) is 0.832. The van der Waals surface area contributed by atoms with E-state index in [0.29, 0.717) is 5.41 Å². The molecule has 1 heterocycles. The van der Waals surface area contributed by atoms with Crippen molar-refractivity contribution in [1.29, 1.82) is 0 Å². The predicted octanol–water partition coefficient (Wildman–Crippen LogP) is 4.28. The summed E-state index contributed by atoms with van der Waals surface area (Å²) in [5, 5.41) is 3.60. The summed E-state index contributed by atoms with van der Waals surface area (Å²) in [5.74, 6) is 1.60. The van der Waals surface area contributed by atoms with E-state index in [1.807, 2.05) is 0 Å². The highest BCUT2D eigenvalue weighted by atomic mass is 14.9. The topological polar surface area (TPSA) is 12.0 Å². The molecule has 19 heavy (non-hydrogen) atoms. The van der Waals surface area contributed by atoms with Crippen LogP contribution in [0.25, 0.3) is 0 Å². The molecule has 2 rings (SSSR count). The number of hydrogen-bond acceptors (Lipinski definition) is 1. The number of piperidine rings is 1. The van der Waals surface area contributed by atoms with Gasteiger partial charge in [-0.05, 0) is 55.2 Å². The Balaban J connectivity index is 2.02. The van der Waals surface area contributed by atoms with Crippen LogP contribution in [0.1, 0.15) is 45.6 Å². The molecule has 2 atom stereocenters. The van der Waals surface area contributed by atoms with Gasteiger partial charge in [0.25, 0.3) is 0 Å². The van der Waals surface area contributed by atoms with Gasteiger partial charge in [0.1, 0.15) is 0 Å². The zero-order valence-corrected chi connectivity index (χ0v) is 12.8. The SMILES string of the molecule is CC(C)CCC1(C)CCNCC1Cc1ccccc1. The normalized spacial score (nSPS) is 27.7. The van der Waals surface area contributed by atoms with E-state index in [2.05, 4.69) is 56.4 Å². The monoisotopic (exact) mass is 259 g/mol. The van der Waals surface area contributed by atoms with Crippen LogP contribution >= 0.6 is 0 Å². The summed E-state index contributed by atoms with van der Waals surface area (Å²) in [6.45, 7) is 9.58. The number of nitrogens with one attached hydrogen (secondary N) is 1. The fourth-order valence-electron chi connectivity index (χ4n) is 3.27. The zero-order chi connectivity index (χ0) is 13.7. The molecule has 1 N–H and O–H groups in total. The Kier molecular flexibility index (Phi) is 5.04. The molecule has 2 unspecified atom stereocenters. The maximum absolute atomic E-state index is 3.60. The van der Waals surface area contributed by atoms with Crippen molar-refractivity contribution in [1.82, 2.24) is 5.32 Å². The second-order valence-corrected chi connectivity index (χ2v) is 6.93. The number of hydrogen-bond donors (Lipinski definition) is 1. The van der Waals surface area contributed by atoms with Gasteiger partial charge in [-0.25, -0.2) is 0 Å². The minimum atomic E-state index is 0.519. The molecule has 1 nitrogen and oxygen atoms in total. The van der Waals surface area contributed by atoms with Crippen LogP contribution in [-0.2, 0) is 6.42 Å². The molecule has 1 saturated heterocycles. The van der Waals surface area contributed by atoms with Gasteiger partial charge >= 0.3 is 0 Å². The first kappa shape index (κ1) is 14.6. The predicted molar refractivity (Wildman–Crippen MR) is 83.3 cm³/mol. The molecular weight excluding hydrogens is 230 g/mol. The summed E-state index contributed by atoms with van der Waals surface area (Å²) >= 11 is 0. The van der Waals surface area contributed by atoms with Crippen molar-refractivity contribution in [3.05, 3.63) is 35.9 Å². The smallest absolute Gasteiger partial charge is 0.00121 e. The summed E-state index contributed by atoms with van der Waals surface area (Å²) in [6.07, 6.45) is 5.30. The third-order valence-electron chi connectivity index (χ3n) is 4.87. The maximum Gasteiger partial charge on any atom is -0.00121 e. The second-order valence-electron chi connectivity index (χ2n) is 6.93. The Labute approximate surface area is 118 Å². The van der Waals surface area contributed by atoms with Gasteiger partial charge in [-0.15, -0.1) is 0 Å². The van der Waals surface area contributed by atoms with Gasteiger partial charge in [-0.1, -0.05) is 57.5 Å². The van der Waals surface area contributed by atoms with Gasteiger partial charge in [0.2, 0.25) is 0 Å². The molecule has 1 aromatic rings. The van der Waals surface area contributed by atoms with Crippen LogP contribution in [0.4, 0.5) is 0 Å². The Hall–Kier alpha value is -0.820. The van der Waals surface area contributed by atoms with Gasteiger partial charge < -0.3 is 5.32 Å². The Morgan fingerprint density at radius 2 is 2.00 bits per heavy atom. The molecule has 0 spiro atoms. The van der Waals surface area contributed by atoms with Gasteiger partial charge in [0.15, 0.2) is 0 Å². The van der Waals surface area contributed by atoms with E-state index < -0.39 is 0 Å². The molecule has 0 bridgehead atoms. The van der Waals surface area contributed by atoms with E-state index >= 15 is 0 Å². The van der Waals surface area contributed by atoms with E-state index in [-0.39, 0.29) is 0 Å². The van der Waals surface area contributed by atoms with Gasteiger partial charge in [-0.3, -0.25) is 0 Å². The van der Waals surface area contributed by atoms with Gasteiger partial charge in [0, 0.05) is 0 Å². The van der Waals surface area contributed by atoms with Crippen molar-refractivity contribution in [3.8, 4) is 0 Å². The zero-order valence-electron chi connectivity index (χ0n) is 12.8. The van der Waals surface area contributed by atoms with E-state index in [0.717, 1.165) is 11.8 Å².